The van der Waals surface area contributed by atoms with Crippen LogP contribution in [0.3, 0.4) is 0 Å². The van der Waals surface area contributed by atoms with Crippen molar-refractivity contribution < 1.29 is 25.6 Å². The predicted molar refractivity (Wildman–Crippen MR) is 113 cm³/mol. The van der Waals surface area contributed by atoms with Crippen molar-refractivity contribution in [3.63, 3.8) is 0 Å². The molecule has 0 amide bonds. The molecule has 0 aromatic heterocycles. The van der Waals surface area contributed by atoms with Crippen LogP contribution in [0.2, 0.25) is 0 Å². The number of carbonyl (C=O) groups is 1. The fourth-order valence-corrected chi connectivity index (χ4v) is 8.48. The molecule has 0 aromatic rings. The molecule has 0 unspecified atom stereocenters. The first kappa shape index (κ1) is 17.0. The van der Waals surface area contributed by atoms with E-state index in [9.17, 15) is 15.0 Å². The summed E-state index contributed by atoms with van der Waals surface area (Å²) in [6.45, 7) is 8.39. The summed E-state index contributed by atoms with van der Waals surface area (Å²) in [5, 5.41) is 31.4. The van der Waals surface area contributed by atoms with Gasteiger partial charge in [0.25, 0.3) is 0 Å². The highest BCUT2D eigenvalue weighted by atomic mass is 16.4. The first-order chi connectivity index (χ1) is 15.1. The van der Waals surface area contributed by atoms with Crippen LogP contribution in [-0.4, -0.2) is 33.5 Å². The fraction of sp³-hybridized carbons (Fsp3) is 0.960. The van der Waals surface area contributed by atoms with Gasteiger partial charge in [0.2, 0.25) is 0 Å². The molecule has 0 spiro atoms. The normalized spacial score (nSPS) is 58.4. The molecule has 29 heavy (non-hydrogen) atoms. The minimum atomic E-state index is -2.10. The molecular weight excluding hydrogens is 364 g/mol. The van der Waals surface area contributed by atoms with Crippen LogP contribution >= 0.6 is 0 Å². The van der Waals surface area contributed by atoms with Gasteiger partial charge in [0.1, 0.15) is 0 Å². The molecular formula is C25H42O4. The number of rotatable bonds is 4. The largest absolute Gasteiger partial charge is 0.481 e. The van der Waals surface area contributed by atoms with Crippen molar-refractivity contribution in [3.8, 4) is 0 Å². The average Bonchev–Trinajstić information content (AvgIpc) is 3.05. The summed E-state index contributed by atoms with van der Waals surface area (Å²) in [6, 6.07) is 0. The Morgan fingerprint density at radius 1 is 1.10 bits per heavy atom. The van der Waals surface area contributed by atoms with E-state index in [4.69, 9.17) is 10.6 Å². The van der Waals surface area contributed by atoms with Crippen molar-refractivity contribution >= 4 is 5.97 Å². The highest BCUT2D eigenvalue weighted by Crippen LogP contribution is 2.69. The van der Waals surface area contributed by atoms with Crippen LogP contribution in [0.15, 0.2) is 0 Å². The molecule has 0 heterocycles. The molecule has 3 N–H and O–H groups in total. The smallest absolute Gasteiger partial charge is 0.303 e. The van der Waals surface area contributed by atoms with E-state index in [-0.39, 0.29) is 41.9 Å². The van der Waals surface area contributed by atoms with E-state index in [1.165, 1.54) is 0 Å². The summed E-state index contributed by atoms with van der Waals surface area (Å²) in [5.41, 5.74) is -0.626. The summed E-state index contributed by atoms with van der Waals surface area (Å²) >= 11 is 0. The van der Waals surface area contributed by atoms with Crippen LogP contribution in [0.25, 0.3) is 0 Å². The molecule has 4 aliphatic rings. The topological polar surface area (TPSA) is 77.8 Å². The summed E-state index contributed by atoms with van der Waals surface area (Å²) in [4.78, 5) is 11.1. The number of carboxylic acids is 1. The third-order valence-corrected chi connectivity index (χ3v) is 9.94. The maximum absolute atomic E-state index is 11.6. The van der Waals surface area contributed by atoms with Gasteiger partial charge in [-0.2, -0.15) is 0 Å². The molecule has 4 rings (SSSR count). The van der Waals surface area contributed by atoms with Crippen LogP contribution in [0.5, 0.6) is 0 Å². The second-order valence-electron chi connectivity index (χ2n) is 11.2. The van der Waals surface area contributed by atoms with Gasteiger partial charge in [0.15, 0.2) is 0 Å². The molecule has 0 aliphatic heterocycles. The molecule has 4 saturated carbocycles. The number of fused-ring (bicyclic) bond motifs is 5. The molecule has 0 aromatic carbocycles. The van der Waals surface area contributed by atoms with E-state index < -0.39 is 42.3 Å². The standard InChI is InChI=1S/C25H42O4/c1-14(5-8-21(27)28)17-6-7-18-22-19(10-12-24(17,18)3)25(4)11-9-16(26)13-20(25)15(2)23(22)29/h14-20,22-23,26,29H,5-13H2,1-4H3,(H,27,28)/t14-,15-,16-,17-,18+,19+,20+,22+,23-,24-,25-/m1/s1/i9D2,13D2. The van der Waals surface area contributed by atoms with Gasteiger partial charge in [-0.05, 0) is 104 Å². The van der Waals surface area contributed by atoms with Gasteiger partial charge in [0.05, 0.1) is 12.2 Å². The highest BCUT2D eigenvalue weighted by molar-refractivity contribution is 5.66. The molecule has 166 valence electrons. The third-order valence-electron chi connectivity index (χ3n) is 9.94. The van der Waals surface area contributed by atoms with Gasteiger partial charge in [-0.25, -0.2) is 0 Å². The Labute approximate surface area is 182 Å². The van der Waals surface area contributed by atoms with E-state index in [0.717, 1.165) is 25.7 Å². The maximum Gasteiger partial charge on any atom is 0.303 e. The quantitative estimate of drug-likeness (QED) is 0.626. The minimum Gasteiger partial charge on any atom is -0.481 e. The lowest BCUT2D eigenvalue weighted by Crippen LogP contribution is -2.61. The Balaban J connectivity index is 1.68. The van der Waals surface area contributed by atoms with E-state index in [2.05, 4.69) is 13.8 Å². The third kappa shape index (κ3) is 3.28. The molecule has 4 nitrogen and oxygen atoms in total. The molecule has 4 aliphatic carbocycles. The lowest BCUT2D eigenvalue weighted by atomic mass is 9.42. The zero-order chi connectivity index (χ0) is 24.7. The van der Waals surface area contributed by atoms with Crippen LogP contribution in [0.1, 0.15) is 90.9 Å². The highest BCUT2D eigenvalue weighted by Gasteiger charge is 2.64. The average molecular weight is 411 g/mol. The SMILES string of the molecule is [2H]C1([2H])C[C@@]2(C)[C@H]([C@@H](C)[C@@H](O)[C@@H]3[C@@H]2CC[C@]2(C)[C@@H]([C@H](C)CCC(=O)O)CC[C@@H]32)C([2H])([2H])[C@@H]1O. The lowest BCUT2D eigenvalue weighted by Gasteiger charge is -2.64. The van der Waals surface area contributed by atoms with Crippen LogP contribution in [0, 0.1) is 52.3 Å². The minimum absolute atomic E-state index is 0.00913. The van der Waals surface area contributed by atoms with E-state index in [0.29, 0.717) is 18.3 Å². The van der Waals surface area contributed by atoms with Crippen molar-refractivity contribution in [1.82, 2.24) is 0 Å². The van der Waals surface area contributed by atoms with Crippen molar-refractivity contribution in [2.75, 3.05) is 0 Å². The van der Waals surface area contributed by atoms with Crippen molar-refractivity contribution in [3.05, 3.63) is 0 Å². The van der Waals surface area contributed by atoms with Gasteiger partial charge in [-0.3, -0.25) is 4.79 Å². The summed E-state index contributed by atoms with van der Waals surface area (Å²) in [5.74, 6) is -0.768. The van der Waals surface area contributed by atoms with Crippen molar-refractivity contribution in [2.45, 2.75) is 97.6 Å². The van der Waals surface area contributed by atoms with Crippen LogP contribution in [-0.2, 0) is 4.79 Å². The van der Waals surface area contributed by atoms with Gasteiger partial charge < -0.3 is 15.3 Å². The Morgan fingerprint density at radius 3 is 2.48 bits per heavy atom. The Kier molecular flexibility index (Phi) is 4.41. The lowest BCUT2D eigenvalue weighted by molar-refractivity contribution is -0.199. The summed E-state index contributed by atoms with van der Waals surface area (Å²) in [7, 11) is 0. The second kappa shape index (κ2) is 7.51. The molecule has 0 bridgehead atoms. The molecule has 0 saturated heterocycles. The molecule has 4 fully saturated rings. The fourth-order valence-electron chi connectivity index (χ4n) is 8.48. The summed E-state index contributed by atoms with van der Waals surface area (Å²) < 4.78 is 34.4. The monoisotopic (exact) mass is 410 g/mol. The zero-order valence-corrected chi connectivity index (χ0v) is 18.4. The number of aliphatic hydroxyl groups excluding tert-OH is 2. The number of aliphatic hydroxyl groups is 2. The molecule has 11 atom stereocenters. The van der Waals surface area contributed by atoms with E-state index in [1.54, 1.807) is 0 Å². The summed E-state index contributed by atoms with van der Waals surface area (Å²) in [6.07, 6.45) is -1.78. The first-order valence-corrected chi connectivity index (χ1v) is 11.7. The van der Waals surface area contributed by atoms with E-state index in [1.807, 2.05) is 13.8 Å². The Morgan fingerprint density at radius 2 is 1.79 bits per heavy atom. The molecule has 0 radical (unpaired) electrons. The predicted octanol–water partition coefficient (Wildman–Crippen LogP) is 4.72. The first-order valence-electron chi connectivity index (χ1n) is 13.7. The second-order valence-corrected chi connectivity index (χ2v) is 11.2. The Bertz CT molecular complexity index is 790. The van der Waals surface area contributed by atoms with Gasteiger partial charge in [0, 0.05) is 11.9 Å². The van der Waals surface area contributed by atoms with Crippen LogP contribution in [0.4, 0.5) is 0 Å². The number of hydrogen-bond donors (Lipinski definition) is 3. The number of aliphatic carboxylic acids is 1. The van der Waals surface area contributed by atoms with Gasteiger partial charge in [-0.15, -0.1) is 0 Å². The van der Waals surface area contributed by atoms with Gasteiger partial charge >= 0.3 is 5.97 Å². The maximum atomic E-state index is 11.6. The number of hydrogen-bond acceptors (Lipinski definition) is 3. The Hall–Kier alpha value is -0.610. The van der Waals surface area contributed by atoms with Gasteiger partial charge in [-0.1, -0.05) is 27.7 Å². The zero-order valence-electron chi connectivity index (χ0n) is 22.4. The van der Waals surface area contributed by atoms with Crippen molar-refractivity contribution in [1.29, 1.82) is 0 Å². The van der Waals surface area contributed by atoms with Crippen molar-refractivity contribution in [2.24, 2.45) is 52.3 Å². The van der Waals surface area contributed by atoms with E-state index >= 15 is 0 Å². The molecule has 4 heteroatoms. The number of carboxylic acid groups (broad SMARTS) is 1. The van der Waals surface area contributed by atoms with Crippen LogP contribution < -0.4 is 0 Å².